The molecule has 7 N–H and O–H groups in total. The number of ether oxygens (including phenoxy) is 2. The number of amides is 1. The van der Waals surface area contributed by atoms with Crippen molar-refractivity contribution >= 4 is 16.3 Å². The van der Waals surface area contributed by atoms with Crippen LogP contribution in [0.15, 0.2) is 24.3 Å². The third kappa shape index (κ3) is 27.4. The summed E-state index contributed by atoms with van der Waals surface area (Å²) in [6.45, 7) is 3.22. The van der Waals surface area contributed by atoms with Crippen LogP contribution < -0.4 is 5.32 Å². The molecule has 8 unspecified atom stereocenters. The van der Waals surface area contributed by atoms with Gasteiger partial charge in [-0.1, -0.05) is 179 Å². The molecule has 13 nitrogen and oxygen atoms in total. The van der Waals surface area contributed by atoms with E-state index in [4.69, 9.17) is 9.47 Å². The number of aliphatic hydroxyl groups is 5. The molecule has 0 aromatic rings. The van der Waals surface area contributed by atoms with E-state index in [-0.39, 0.29) is 6.42 Å². The lowest BCUT2D eigenvalue weighted by molar-refractivity contribution is -0.298. The van der Waals surface area contributed by atoms with Gasteiger partial charge < -0.3 is 40.3 Å². The van der Waals surface area contributed by atoms with Gasteiger partial charge in [0.05, 0.1) is 25.4 Å². The Kier molecular flexibility index (Phi) is 33.1. The standard InChI is InChI=1S/C44H83NO12S/c1-3-5-7-9-11-13-15-17-18-19-20-21-23-24-26-28-30-32-37(47)36(35-55-44-41(50)42(57-58(52,53)54)40(49)39(34-46)56-44)45-43(51)38(48)33-31-29-27-25-22-16-14-12-10-8-6-4-2/h22,25,29,31,36-42,44,46-50H,3-21,23-24,26-28,30,32-35H2,1-2H3,(H,45,51)(H,52,53,54)/b25-22-,31-29-. The summed E-state index contributed by atoms with van der Waals surface area (Å²) in [7, 11) is -5.11. The third-order valence-electron chi connectivity index (χ3n) is 10.9. The Morgan fingerprint density at radius 3 is 1.69 bits per heavy atom. The van der Waals surface area contributed by atoms with E-state index in [9.17, 15) is 43.3 Å². The average molecular weight is 850 g/mol. The van der Waals surface area contributed by atoms with Gasteiger partial charge in [0.25, 0.3) is 0 Å². The van der Waals surface area contributed by atoms with Crippen molar-refractivity contribution in [3.63, 3.8) is 0 Å². The van der Waals surface area contributed by atoms with Gasteiger partial charge in [-0.05, 0) is 25.7 Å². The summed E-state index contributed by atoms with van der Waals surface area (Å²) in [5.41, 5.74) is 0. The summed E-state index contributed by atoms with van der Waals surface area (Å²) in [4.78, 5) is 13.1. The van der Waals surface area contributed by atoms with Crippen LogP contribution in [0.25, 0.3) is 0 Å². The Balaban J connectivity index is 2.60. The van der Waals surface area contributed by atoms with Gasteiger partial charge in [0, 0.05) is 6.42 Å². The Labute approximate surface area is 351 Å². The number of carbonyl (C=O) groups is 1. The number of rotatable bonds is 38. The highest BCUT2D eigenvalue weighted by Gasteiger charge is 2.48. The van der Waals surface area contributed by atoms with Crippen LogP contribution in [-0.4, -0.2) is 107 Å². The van der Waals surface area contributed by atoms with Crippen molar-refractivity contribution in [3.05, 3.63) is 24.3 Å². The quantitative estimate of drug-likeness (QED) is 0.0183. The predicted octanol–water partition coefficient (Wildman–Crippen LogP) is 7.52. The van der Waals surface area contributed by atoms with Gasteiger partial charge >= 0.3 is 10.4 Å². The number of carbonyl (C=O) groups excluding carboxylic acids is 1. The zero-order valence-corrected chi connectivity index (χ0v) is 36.8. The predicted molar refractivity (Wildman–Crippen MR) is 228 cm³/mol. The van der Waals surface area contributed by atoms with Crippen LogP contribution >= 0.6 is 0 Å². The van der Waals surface area contributed by atoms with Crippen molar-refractivity contribution in [3.8, 4) is 0 Å². The monoisotopic (exact) mass is 850 g/mol. The molecule has 0 aliphatic carbocycles. The van der Waals surface area contributed by atoms with Crippen LogP contribution in [0.2, 0.25) is 0 Å². The van der Waals surface area contributed by atoms with E-state index in [1.54, 1.807) is 6.08 Å². The lowest BCUT2D eigenvalue weighted by Crippen LogP contribution is -2.61. The molecule has 0 aromatic carbocycles. The van der Waals surface area contributed by atoms with E-state index in [0.29, 0.717) is 19.3 Å². The lowest BCUT2D eigenvalue weighted by atomic mass is 9.99. The van der Waals surface area contributed by atoms with E-state index in [1.807, 2.05) is 6.08 Å². The summed E-state index contributed by atoms with van der Waals surface area (Å²) in [6, 6.07) is -1.06. The number of unbranched alkanes of at least 4 members (excludes halogenated alkanes) is 22. The van der Waals surface area contributed by atoms with Crippen LogP contribution in [-0.2, 0) is 28.9 Å². The van der Waals surface area contributed by atoms with Gasteiger partial charge in [0.2, 0.25) is 5.91 Å². The summed E-state index contributed by atoms with van der Waals surface area (Å²) in [6.07, 6.45) is 26.7. The minimum absolute atomic E-state index is 0.0507. The van der Waals surface area contributed by atoms with E-state index in [1.165, 1.54) is 116 Å². The first-order chi connectivity index (χ1) is 27.9. The number of allylic oxidation sites excluding steroid dienone is 3. The molecule has 1 saturated heterocycles. The molecular formula is C44H83NO12S. The first-order valence-electron chi connectivity index (χ1n) is 22.8. The molecule has 0 bridgehead atoms. The molecule has 0 spiro atoms. The fourth-order valence-corrected chi connectivity index (χ4v) is 7.72. The first-order valence-corrected chi connectivity index (χ1v) is 24.2. The van der Waals surface area contributed by atoms with E-state index < -0.39 is 78.5 Å². The van der Waals surface area contributed by atoms with Gasteiger partial charge in [-0.3, -0.25) is 9.35 Å². The fraction of sp³-hybridized carbons (Fsp3) is 0.886. The average Bonchev–Trinajstić information content (AvgIpc) is 3.19. The lowest BCUT2D eigenvalue weighted by Gasteiger charge is -2.41. The summed E-state index contributed by atoms with van der Waals surface area (Å²) < 4.78 is 47.5. The van der Waals surface area contributed by atoms with Crippen LogP contribution in [0.4, 0.5) is 0 Å². The van der Waals surface area contributed by atoms with Gasteiger partial charge in [-0.2, -0.15) is 8.42 Å². The van der Waals surface area contributed by atoms with Crippen LogP contribution in [0.1, 0.15) is 187 Å². The molecule has 1 heterocycles. The molecule has 1 amide bonds. The second kappa shape index (κ2) is 35.2. The zero-order valence-electron chi connectivity index (χ0n) is 36.0. The number of hydrogen-bond acceptors (Lipinski definition) is 11. The molecule has 342 valence electrons. The van der Waals surface area contributed by atoms with Crippen LogP contribution in [0, 0.1) is 0 Å². The Morgan fingerprint density at radius 1 is 0.707 bits per heavy atom. The van der Waals surface area contributed by atoms with E-state index in [0.717, 1.165) is 32.1 Å². The SMILES string of the molecule is CCCCCCCC/C=C\C/C=C\CC(O)C(=O)NC(COC1OC(CO)C(O)C(OS(=O)(=O)O)C1O)C(O)CCCCCCCCCCCCCCCCCCC. The molecule has 8 atom stereocenters. The highest BCUT2D eigenvalue weighted by molar-refractivity contribution is 7.80. The molecule has 0 saturated carbocycles. The normalized spacial score (nSPS) is 21.8. The van der Waals surface area contributed by atoms with Crippen molar-refractivity contribution in [1.82, 2.24) is 5.32 Å². The van der Waals surface area contributed by atoms with Crippen LogP contribution in [0.5, 0.6) is 0 Å². The highest BCUT2D eigenvalue weighted by Crippen LogP contribution is 2.26. The van der Waals surface area contributed by atoms with Crippen molar-refractivity contribution in [1.29, 1.82) is 0 Å². The zero-order chi connectivity index (χ0) is 42.9. The molecule has 1 rings (SSSR count). The summed E-state index contributed by atoms with van der Waals surface area (Å²) >= 11 is 0. The molecule has 0 radical (unpaired) electrons. The second-order valence-electron chi connectivity index (χ2n) is 16.1. The second-order valence-corrected chi connectivity index (χ2v) is 17.2. The Morgan fingerprint density at radius 2 is 1.19 bits per heavy atom. The molecule has 1 fully saturated rings. The van der Waals surface area contributed by atoms with Crippen molar-refractivity contribution in [2.24, 2.45) is 0 Å². The molecule has 1 aliphatic heterocycles. The number of hydrogen-bond donors (Lipinski definition) is 7. The minimum atomic E-state index is -5.11. The van der Waals surface area contributed by atoms with Crippen LogP contribution in [0.3, 0.4) is 0 Å². The molecule has 0 aromatic heterocycles. The van der Waals surface area contributed by atoms with Crippen molar-refractivity contribution in [2.75, 3.05) is 13.2 Å². The Bertz CT molecular complexity index is 1160. The maximum atomic E-state index is 13.1. The van der Waals surface area contributed by atoms with Gasteiger partial charge in [0.15, 0.2) is 6.29 Å². The Hall–Kier alpha value is -1.46. The fourth-order valence-electron chi connectivity index (χ4n) is 7.21. The number of nitrogens with one attached hydrogen (secondary N) is 1. The highest BCUT2D eigenvalue weighted by atomic mass is 32.3. The van der Waals surface area contributed by atoms with Gasteiger partial charge in [-0.25, -0.2) is 4.18 Å². The number of aliphatic hydroxyl groups excluding tert-OH is 5. The topological polar surface area (TPSA) is 212 Å². The molecule has 14 heteroatoms. The largest absolute Gasteiger partial charge is 0.397 e. The van der Waals surface area contributed by atoms with Crippen molar-refractivity contribution in [2.45, 2.75) is 236 Å². The maximum absolute atomic E-state index is 13.1. The molecular weight excluding hydrogens is 767 g/mol. The van der Waals surface area contributed by atoms with Gasteiger partial charge in [-0.15, -0.1) is 0 Å². The molecule has 1 aliphatic rings. The molecule has 58 heavy (non-hydrogen) atoms. The smallest absolute Gasteiger partial charge is 0.394 e. The van der Waals surface area contributed by atoms with Gasteiger partial charge in [0.1, 0.15) is 30.5 Å². The van der Waals surface area contributed by atoms with Crippen molar-refractivity contribution < 1.29 is 57.0 Å². The summed E-state index contributed by atoms with van der Waals surface area (Å²) in [5, 5.41) is 55.2. The first kappa shape index (κ1) is 54.6. The third-order valence-corrected chi connectivity index (χ3v) is 11.3. The minimum Gasteiger partial charge on any atom is -0.394 e. The summed E-state index contributed by atoms with van der Waals surface area (Å²) in [5.74, 6) is -0.736. The maximum Gasteiger partial charge on any atom is 0.397 e. The van der Waals surface area contributed by atoms with E-state index in [2.05, 4.69) is 35.5 Å². The van der Waals surface area contributed by atoms with E-state index >= 15 is 0 Å².